The smallest absolute Gasteiger partial charge is 0.235 e. The van der Waals surface area contributed by atoms with Crippen molar-refractivity contribution in [2.75, 3.05) is 25.2 Å². The number of fused-ring (bicyclic) bond motifs is 5. The maximum atomic E-state index is 13.6. The van der Waals surface area contributed by atoms with Crippen LogP contribution in [-0.4, -0.2) is 54.8 Å². The van der Waals surface area contributed by atoms with E-state index in [1.807, 2.05) is 52.8 Å². The summed E-state index contributed by atoms with van der Waals surface area (Å²) in [6.45, 7) is 0.804. The third-order valence-corrected chi connectivity index (χ3v) is 7.15. The number of thiophene rings is 1. The van der Waals surface area contributed by atoms with E-state index in [0.717, 1.165) is 11.3 Å². The summed E-state index contributed by atoms with van der Waals surface area (Å²) in [5.74, 6) is -1.72. The van der Waals surface area contributed by atoms with Crippen molar-refractivity contribution in [2.45, 2.75) is 18.5 Å². The van der Waals surface area contributed by atoms with Gasteiger partial charge in [-0.05, 0) is 29.5 Å². The number of benzene rings is 1. The van der Waals surface area contributed by atoms with Crippen LogP contribution in [0.1, 0.15) is 21.7 Å². The summed E-state index contributed by atoms with van der Waals surface area (Å²) in [7, 11) is 1.60. The number of ketones is 1. The number of carbonyl (C=O) groups excluding carboxylic acids is 3. The molecule has 0 bridgehead atoms. The van der Waals surface area contributed by atoms with Gasteiger partial charge >= 0.3 is 0 Å². The van der Waals surface area contributed by atoms with E-state index in [9.17, 15) is 14.4 Å². The zero-order chi connectivity index (χ0) is 20.8. The predicted octanol–water partition coefficient (Wildman–Crippen LogP) is 2.85. The fraction of sp³-hybridized carbons (Fsp3) is 0.348. The average Bonchev–Trinajstić information content (AvgIpc) is 3.46. The number of rotatable bonds is 6. The Morgan fingerprint density at radius 1 is 1.10 bits per heavy atom. The molecular formula is C23H22N2O4S. The molecule has 2 fully saturated rings. The summed E-state index contributed by atoms with van der Waals surface area (Å²) in [4.78, 5) is 44.2. The minimum absolute atomic E-state index is 0.0903. The first-order valence-electron chi connectivity index (χ1n) is 10.1. The van der Waals surface area contributed by atoms with E-state index in [1.54, 1.807) is 13.2 Å². The second-order valence-electron chi connectivity index (χ2n) is 7.83. The molecular weight excluding hydrogens is 400 g/mol. The summed E-state index contributed by atoms with van der Waals surface area (Å²) in [5.41, 5.74) is 1.90. The van der Waals surface area contributed by atoms with Crippen LogP contribution >= 0.6 is 11.3 Å². The van der Waals surface area contributed by atoms with Gasteiger partial charge in [-0.2, -0.15) is 0 Å². The molecule has 3 aliphatic rings. The summed E-state index contributed by atoms with van der Waals surface area (Å²) >= 11 is 1.37. The first-order chi connectivity index (χ1) is 14.6. The molecule has 2 saturated heterocycles. The van der Waals surface area contributed by atoms with Crippen molar-refractivity contribution >= 4 is 40.7 Å². The monoisotopic (exact) mass is 422 g/mol. The number of nitrogens with zero attached hydrogens (tertiary/aromatic N) is 2. The average molecular weight is 423 g/mol. The number of hydrogen-bond acceptors (Lipinski definition) is 6. The lowest BCUT2D eigenvalue weighted by Gasteiger charge is -2.36. The highest BCUT2D eigenvalue weighted by Crippen LogP contribution is 2.49. The standard InChI is InChI=1S/C23H22N2O4S/c1-29-12-5-11-24-22(27)18-16-10-9-14-6-2-3-7-15(14)25(16)20(19(18)23(24)28)21(26)17-8-4-13-30-17/h2-4,6-10,13,16,18-20H,5,11-12H2,1H3/t16-,18-,19-,20-/m1/s1. The highest BCUT2D eigenvalue weighted by atomic mass is 32.1. The molecule has 0 spiro atoms. The number of imide groups is 1. The van der Waals surface area contributed by atoms with Crippen molar-refractivity contribution < 1.29 is 19.1 Å². The number of Topliss-reactive ketones (excluding diaryl/α,β-unsaturated/α-hetero) is 1. The number of hydrogen-bond donors (Lipinski definition) is 0. The third kappa shape index (κ3) is 2.76. The van der Waals surface area contributed by atoms with Crippen LogP contribution in [0.2, 0.25) is 0 Å². The van der Waals surface area contributed by atoms with Crippen molar-refractivity contribution in [3.8, 4) is 0 Å². The van der Waals surface area contributed by atoms with Gasteiger partial charge in [-0.1, -0.05) is 36.4 Å². The van der Waals surface area contributed by atoms with E-state index in [4.69, 9.17) is 4.74 Å². The number of amides is 2. The lowest BCUT2D eigenvalue weighted by Crippen LogP contribution is -2.48. The molecule has 0 N–H and O–H groups in total. The summed E-state index contributed by atoms with van der Waals surface area (Å²) < 4.78 is 5.08. The first kappa shape index (κ1) is 19.2. The Balaban J connectivity index is 1.58. The van der Waals surface area contributed by atoms with E-state index in [-0.39, 0.29) is 23.6 Å². The van der Waals surface area contributed by atoms with Gasteiger partial charge in [0, 0.05) is 25.9 Å². The zero-order valence-corrected chi connectivity index (χ0v) is 17.4. The van der Waals surface area contributed by atoms with E-state index < -0.39 is 17.9 Å². The highest BCUT2D eigenvalue weighted by Gasteiger charge is 2.63. The molecule has 30 heavy (non-hydrogen) atoms. The molecule has 6 nitrogen and oxygen atoms in total. The molecule has 5 rings (SSSR count). The van der Waals surface area contributed by atoms with Gasteiger partial charge in [-0.15, -0.1) is 11.3 Å². The zero-order valence-electron chi connectivity index (χ0n) is 16.6. The van der Waals surface area contributed by atoms with Crippen LogP contribution in [0.25, 0.3) is 6.08 Å². The van der Waals surface area contributed by atoms with Crippen LogP contribution in [-0.2, 0) is 14.3 Å². The first-order valence-corrected chi connectivity index (χ1v) is 11.0. The molecule has 1 aromatic heterocycles. The van der Waals surface area contributed by atoms with Gasteiger partial charge in [-0.3, -0.25) is 19.3 Å². The molecule has 0 radical (unpaired) electrons. The number of ether oxygens (including phenoxy) is 1. The summed E-state index contributed by atoms with van der Waals surface area (Å²) in [6.07, 6.45) is 4.56. The number of anilines is 1. The van der Waals surface area contributed by atoms with Gasteiger partial charge in [0.1, 0.15) is 6.04 Å². The molecule has 0 unspecified atom stereocenters. The van der Waals surface area contributed by atoms with Gasteiger partial charge in [0.2, 0.25) is 11.8 Å². The van der Waals surface area contributed by atoms with E-state index in [0.29, 0.717) is 24.4 Å². The number of methoxy groups -OCH3 is 1. The summed E-state index contributed by atoms with van der Waals surface area (Å²) in [5, 5.41) is 1.86. The van der Waals surface area contributed by atoms with Gasteiger partial charge in [-0.25, -0.2) is 0 Å². The largest absolute Gasteiger partial charge is 0.385 e. The number of likely N-dealkylation sites (tertiary alicyclic amines) is 1. The normalized spacial score (nSPS) is 26.7. The van der Waals surface area contributed by atoms with Crippen LogP contribution in [0.3, 0.4) is 0 Å². The Bertz CT molecular complexity index is 1030. The molecule has 154 valence electrons. The lowest BCUT2D eigenvalue weighted by atomic mass is 9.87. The molecule has 2 amide bonds. The molecule has 2 aromatic rings. The second kappa shape index (κ2) is 7.49. The topological polar surface area (TPSA) is 66.9 Å². The van der Waals surface area contributed by atoms with Crippen molar-refractivity contribution in [1.29, 1.82) is 0 Å². The Morgan fingerprint density at radius 2 is 1.90 bits per heavy atom. The van der Waals surface area contributed by atoms with Crippen molar-refractivity contribution in [3.05, 3.63) is 58.3 Å². The van der Waals surface area contributed by atoms with Gasteiger partial charge in [0.05, 0.1) is 22.8 Å². The third-order valence-electron chi connectivity index (χ3n) is 6.27. The van der Waals surface area contributed by atoms with Gasteiger partial charge < -0.3 is 9.64 Å². The Kier molecular flexibility index (Phi) is 4.79. The Hall–Kier alpha value is -2.77. The minimum Gasteiger partial charge on any atom is -0.385 e. The van der Waals surface area contributed by atoms with Crippen LogP contribution in [0.4, 0.5) is 5.69 Å². The van der Waals surface area contributed by atoms with Crippen LogP contribution in [0, 0.1) is 11.8 Å². The minimum atomic E-state index is -0.686. The molecule has 1 aromatic carbocycles. The van der Waals surface area contributed by atoms with Crippen molar-refractivity contribution in [3.63, 3.8) is 0 Å². The van der Waals surface area contributed by atoms with E-state index >= 15 is 0 Å². The van der Waals surface area contributed by atoms with Crippen LogP contribution in [0.15, 0.2) is 47.9 Å². The highest BCUT2D eigenvalue weighted by molar-refractivity contribution is 7.12. The molecule has 7 heteroatoms. The maximum Gasteiger partial charge on any atom is 0.235 e. The molecule has 4 atom stereocenters. The summed E-state index contributed by atoms with van der Waals surface area (Å²) in [6, 6.07) is 10.5. The van der Waals surface area contributed by atoms with Crippen LogP contribution < -0.4 is 4.90 Å². The molecule has 0 saturated carbocycles. The fourth-order valence-corrected chi connectivity index (χ4v) is 5.72. The quantitative estimate of drug-likeness (QED) is 0.407. The second-order valence-corrected chi connectivity index (χ2v) is 8.78. The number of para-hydroxylation sites is 1. The maximum absolute atomic E-state index is 13.6. The van der Waals surface area contributed by atoms with Crippen molar-refractivity contribution in [2.24, 2.45) is 11.8 Å². The van der Waals surface area contributed by atoms with Crippen LogP contribution in [0.5, 0.6) is 0 Å². The Labute approximate surface area is 178 Å². The SMILES string of the molecule is COCCCN1C(=O)[C@@H]2[C@H](C1=O)[C@H]1C=Cc3ccccc3N1[C@H]2C(=O)c1cccs1. The van der Waals surface area contributed by atoms with Crippen molar-refractivity contribution in [1.82, 2.24) is 4.90 Å². The predicted molar refractivity (Wildman–Crippen MR) is 114 cm³/mol. The lowest BCUT2D eigenvalue weighted by molar-refractivity contribution is -0.140. The fourth-order valence-electron chi connectivity index (χ4n) is 5.03. The van der Waals surface area contributed by atoms with E-state index in [2.05, 4.69) is 0 Å². The van der Waals surface area contributed by atoms with Gasteiger partial charge in [0.15, 0.2) is 5.78 Å². The van der Waals surface area contributed by atoms with E-state index in [1.165, 1.54) is 16.2 Å². The number of carbonyl (C=O) groups is 3. The Morgan fingerprint density at radius 3 is 2.67 bits per heavy atom. The molecule has 3 aliphatic heterocycles. The molecule has 0 aliphatic carbocycles. The molecule has 4 heterocycles. The van der Waals surface area contributed by atoms with Gasteiger partial charge in [0.25, 0.3) is 0 Å².